The van der Waals surface area contributed by atoms with E-state index in [2.05, 4.69) is 11.9 Å². The molecule has 4 nitrogen and oxygen atoms in total. The summed E-state index contributed by atoms with van der Waals surface area (Å²) in [5, 5.41) is 0. The Morgan fingerprint density at radius 2 is 2.04 bits per heavy atom. The zero-order valence-electron chi connectivity index (χ0n) is 13.6. The van der Waals surface area contributed by atoms with E-state index in [1.165, 1.54) is 23.5 Å². The minimum absolute atomic E-state index is 0.142. The van der Waals surface area contributed by atoms with Crippen LogP contribution in [0.25, 0.3) is 6.08 Å². The Balaban J connectivity index is 1.52. The molecule has 3 rings (SSSR count). The first-order valence-electron chi connectivity index (χ1n) is 8.10. The van der Waals surface area contributed by atoms with Crippen LogP contribution in [0.4, 0.5) is 0 Å². The molecule has 6 heteroatoms. The van der Waals surface area contributed by atoms with E-state index in [1.807, 2.05) is 41.3 Å². The Hall–Kier alpha value is -1.53. The van der Waals surface area contributed by atoms with Crippen molar-refractivity contribution in [3.63, 3.8) is 0 Å². The SMILES string of the molecule is CC1CCN(C(=O)CSC2=NC(=O)/C(=C\c3ccccc3)S2)CC1. The molecule has 0 aliphatic carbocycles. The van der Waals surface area contributed by atoms with E-state index in [1.54, 1.807) is 0 Å². The van der Waals surface area contributed by atoms with Crippen molar-refractivity contribution in [3.8, 4) is 0 Å². The monoisotopic (exact) mass is 360 g/mol. The fraction of sp³-hybridized carbons (Fsp3) is 0.389. The van der Waals surface area contributed by atoms with Gasteiger partial charge in [0.25, 0.3) is 5.91 Å². The molecule has 2 amide bonds. The number of nitrogens with zero attached hydrogens (tertiary/aromatic N) is 2. The van der Waals surface area contributed by atoms with E-state index >= 15 is 0 Å². The number of amides is 2. The smallest absolute Gasteiger partial charge is 0.285 e. The second-order valence-corrected chi connectivity index (χ2v) is 8.31. The summed E-state index contributed by atoms with van der Waals surface area (Å²) in [5.41, 5.74) is 0.980. The maximum absolute atomic E-state index is 12.3. The molecular weight excluding hydrogens is 340 g/mol. The molecule has 0 radical (unpaired) electrons. The van der Waals surface area contributed by atoms with Gasteiger partial charge in [0.15, 0.2) is 0 Å². The Bertz CT molecular complexity index is 678. The summed E-state index contributed by atoms with van der Waals surface area (Å²) in [7, 11) is 0. The Kier molecular flexibility index (Phi) is 5.79. The number of carbonyl (C=O) groups excluding carboxylic acids is 2. The molecule has 2 aliphatic heterocycles. The maximum atomic E-state index is 12.3. The minimum Gasteiger partial charge on any atom is -0.342 e. The molecule has 0 N–H and O–H groups in total. The number of hydrogen-bond acceptors (Lipinski definition) is 4. The minimum atomic E-state index is -0.217. The highest BCUT2D eigenvalue weighted by molar-refractivity contribution is 8.41. The summed E-state index contributed by atoms with van der Waals surface area (Å²) in [6.45, 7) is 3.92. The van der Waals surface area contributed by atoms with Crippen LogP contribution in [0.5, 0.6) is 0 Å². The molecule has 1 fully saturated rings. The second kappa shape index (κ2) is 8.03. The molecule has 0 unspecified atom stereocenters. The molecule has 126 valence electrons. The van der Waals surface area contributed by atoms with Gasteiger partial charge in [-0.2, -0.15) is 4.99 Å². The van der Waals surface area contributed by atoms with E-state index < -0.39 is 0 Å². The van der Waals surface area contributed by atoms with Crippen molar-refractivity contribution in [2.24, 2.45) is 10.9 Å². The number of aliphatic imine (C=N–C) groups is 1. The van der Waals surface area contributed by atoms with Gasteiger partial charge in [-0.05, 0) is 30.4 Å². The zero-order valence-corrected chi connectivity index (χ0v) is 15.2. The third-order valence-electron chi connectivity index (χ3n) is 4.15. The van der Waals surface area contributed by atoms with Gasteiger partial charge in [0.2, 0.25) is 5.91 Å². The lowest BCUT2D eigenvalue weighted by atomic mass is 9.99. The third-order valence-corrected chi connectivity index (χ3v) is 6.27. The molecule has 1 saturated heterocycles. The maximum Gasteiger partial charge on any atom is 0.285 e. The third kappa shape index (κ3) is 4.51. The van der Waals surface area contributed by atoms with Crippen molar-refractivity contribution in [2.45, 2.75) is 19.8 Å². The molecule has 2 aliphatic rings. The lowest BCUT2D eigenvalue weighted by molar-refractivity contribution is -0.129. The first-order valence-corrected chi connectivity index (χ1v) is 9.90. The number of hydrogen-bond donors (Lipinski definition) is 0. The van der Waals surface area contributed by atoms with Crippen molar-refractivity contribution in [2.75, 3.05) is 18.8 Å². The highest BCUT2D eigenvalue weighted by Gasteiger charge is 2.25. The second-order valence-electron chi connectivity index (χ2n) is 6.06. The summed E-state index contributed by atoms with van der Waals surface area (Å²) in [6.07, 6.45) is 4.00. The van der Waals surface area contributed by atoms with Gasteiger partial charge < -0.3 is 4.90 Å². The molecule has 1 aromatic rings. The van der Waals surface area contributed by atoms with Crippen LogP contribution in [0, 0.1) is 5.92 Å². The summed E-state index contributed by atoms with van der Waals surface area (Å²) in [4.78, 5) is 30.8. The van der Waals surface area contributed by atoms with Crippen LogP contribution >= 0.6 is 23.5 Å². The van der Waals surface area contributed by atoms with Gasteiger partial charge in [-0.25, -0.2) is 0 Å². The largest absolute Gasteiger partial charge is 0.342 e. The number of benzene rings is 1. The molecule has 0 bridgehead atoms. The average Bonchev–Trinajstić information content (AvgIpc) is 2.94. The standard InChI is InChI=1S/C18H20N2O2S2/c1-13-7-9-20(10-8-13)16(21)12-23-18-19-17(22)15(24-18)11-14-5-3-2-4-6-14/h2-6,11,13H,7-10,12H2,1H3/b15-11+. The predicted octanol–water partition coefficient (Wildman–Crippen LogP) is 3.65. The fourth-order valence-corrected chi connectivity index (χ4v) is 4.53. The van der Waals surface area contributed by atoms with E-state index in [4.69, 9.17) is 0 Å². The molecular formula is C18H20N2O2S2. The number of rotatable bonds is 3. The quantitative estimate of drug-likeness (QED) is 0.772. The summed E-state index contributed by atoms with van der Waals surface area (Å²) in [6, 6.07) is 9.71. The van der Waals surface area contributed by atoms with Crippen molar-refractivity contribution >= 4 is 45.8 Å². The summed E-state index contributed by atoms with van der Waals surface area (Å²) >= 11 is 2.72. The molecule has 0 aromatic heterocycles. The zero-order chi connectivity index (χ0) is 16.9. The van der Waals surface area contributed by atoms with E-state index in [0.717, 1.165) is 31.5 Å². The van der Waals surface area contributed by atoms with Crippen molar-refractivity contribution in [1.82, 2.24) is 4.90 Å². The van der Waals surface area contributed by atoms with Gasteiger partial charge in [0.1, 0.15) is 4.38 Å². The Labute approximate surface area is 150 Å². The fourth-order valence-electron chi connectivity index (χ4n) is 2.62. The number of thioether (sulfide) groups is 2. The molecule has 0 saturated carbocycles. The van der Waals surface area contributed by atoms with Crippen LogP contribution < -0.4 is 0 Å². The van der Waals surface area contributed by atoms with Crippen LogP contribution in [0.15, 0.2) is 40.2 Å². The van der Waals surface area contributed by atoms with Crippen LogP contribution in [-0.2, 0) is 9.59 Å². The van der Waals surface area contributed by atoms with Crippen molar-refractivity contribution < 1.29 is 9.59 Å². The lowest BCUT2D eigenvalue weighted by Crippen LogP contribution is -2.39. The summed E-state index contributed by atoms with van der Waals surface area (Å²) in [5.74, 6) is 0.986. The van der Waals surface area contributed by atoms with Gasteiger partial charge >= 0.3 is 0 Å². The number of carbonyl (C=O) groups is 2. The topological polar surface area (TPSA) is 49.7 Å². The van der Waals surface area contributed by atoms with Gasteiger partial charge in [-0.1, -0.05) is 60.8 Å². The highest BCUT2D eigenvalue weighted by atomic mass is 32.2. The van der Waals surface area contributed by atoms with Gasteiger partial charge in [0, 0.05) is 13.1 Å². The molecule has 2 heterocycles. The first-order chi connectivity index (χ1) is 11.6. The van der Waals surface area contributed by atoms with Crippen molar-refractivity contribution in [1.29, 1.82) is 0 Å². The van der Waals surface area contributed by atoms with Crippen LogP contribution in [-0.4, -0.2) is 39.9 Å². The lowest BCUT2D eigenvalue weighted by Gasteiger charge is -2.30. The van der Waals surface area contributed by atoms with Crippen LogP contribution in [0.3, 0.4) is 0 Å². The van der Waals surface area contributed by atoms with Gasteiger partial charge in [-0.3, -0.25) is 9.59 Å². The number of likely N-dealkylation sites (tertiary alicyclic amines) is 1. The van der Waals surface area contributed by atoms with Crippen LogP contribution in [0.2, 0.25) is 0 Å². The molecule has 1 aromatic carbocycles. The first kappa shape index (κ1) is 17.3. The average molecular weight is 361 g/mol. The van der Waals surface area contributed by atoms with Gasteiger partial charge in [0.05, 0.1) is 10.7 Å². The summed E-state index contributed by atoms with van der Waals surface area (Å²) < 4.78 is 0.668. The molecule has 24 heavy (non-hydrogen) atoms. The van der Waals surface area contributed by atoms with Gasteiger partial charge in [-0.15, -0.1) is 0 Å². The van der Waals surface area contributed by atoms with E-state index in [0.29, 0.717) is 21.0 Å². The molecule has 0 atom stereocenters. The highest BCUT2D eigenvalue weighted by Crippen LogP contribution is 2.33. The van der Waals surface area contributed by atoms with E-state index in [-0.39, 0.29) is 11.8 Å². The predicted molar refractivity (Wildman–Crippen MR) is 102 cm³/mol. The number of piperidine rings is 1. The van der Waals surface area contributed by atoms with E-state index in [9.17, 15) is 9.59 Å². The molecule has 0 spiro atoms. The Morgan fingerprint density at radius 3 is 2.75 bits per heavy atom. The van der Waals surface area contributed by atoms with Crippen molar-refractivity contribution in [3.05, 3.63) is 40.8 Å². The normalized spacial score (nSPS) is 20.5. The Morgan fingerprint density at radius 1 is 1.33 bits per heavy atom. The van der Waals surface area contributed by atoms with Crippen LogP contribution in [0.1, 0.15) is 25.3 Å².